The van der Waals surface area contributed by atoms with Crippen LogP contribution in [0.4, 0.5) is 0 Å². The number of nitrogens with two attached hydrogens (primary N) is 1. The van der Waals surface area contributed by atoms with Crippen molar-refractivity contribution in [2.75, 3.05) is 14.2 Å². The molecule has 0 saturated heterocycles. The SMILES string of the molecule is COc1ccc(C(N)c2ccoc2)c(OC)c1Br. The van der Waals surface area contributed by atoms with Crippen LogP contribution in [0.15, 0.2) is 39.6 Å². The zero-order valence-electron chi connectivity index (χ0n) is 10.1. The number of benzene rings is 1. The number of hydrogen-bond donors (Lipinski definition) is 1. The Hall–Kier alpha value is -1.46. The lowest BCUT2D eigenvalue weighted by molar-refractivity contribution is 0.385. The Morgan fingerprint density at radius 3 is 2.56 bits per heavy atom. The zero-order valence-corrected chi connectivity index (χ0v) is 11.7. The summed E-state index contributed by atoms with van der Waals surface area (Å²) in [6, 6.07) is 5.27. The maximum atomic E-state index is 6.20. The van der Waals surface area contributed by atoms with Gasteiger partial charge in [0.1, 0.15) is 16.0 Å². The van der Waals surface area contributed by atoms with E-state index in [9.17, 15) is 0 Å². The predicted molar refractivity (Wildman–Crippen MR) is 72.0 cm³/mol. The highest BCUT2D eigenvalue weighted by molar-refractivity contribution is 9.10. The summed E-state index contributed by atoms with van der Waals surface area (Å²) in [5.41, 5.74) is 7.96. The first-order chi connectivity index (χ1) is 8.69. The molecule has 0 aliphatic carbocycles. The summed E-state index contributed by atoms with van der Waals surface area (Å²) in [7, 11) is 3.21. The molecule has 96 valence electrons. The van der Waals surface area contributed by atoms with Crippen molar-refractivity contribution in [2.24, 2.45) is 5.73 Å². The van der Waals surface area contributed by atoms with Gasteiger partial charge >= 0.3 is 0 Å². The lowest BCUT2D eigenvalue weighted by Gasteiger charge is -2.17. The van der Waals surface area contributed by atoms with E-state index in [1.54, 1.807) is 26.7 Å². The largest absolute Gasteiger partial charge is 0.495 e. The van der Waals surface area contributed by atoms with Gasteiger partial charge in [-0.15, -0.1) is 0 Å². The molecular formula is C13H14BrNO3. The monoisotopic (exact) mass is 311 g/mol. The Bertz CT molecular complexity index is 525. The molecule has 0 aliphatic rings. The third-order valence-electron chi connectivity index (χ3n) is 2.75. The van der Waals surface area contributed by atoms with Gasteiger partial charge in [0.05, 0.1) is 32.8 Å². The van der Waals surface area contributed by atoms with Gasteiger partial charge in [-0.05, 0) is 34.1 Å². The fourth-order valence-corrected chi connectivity index (χ4v) is 2.48. The summed E-state index contributed by atoms with van der Waals surface area (Å²) >= 11 is 3.46. The standard InChI is InChI=1S/C13H14BrNO3/c1-16-10-4-3-9(13(17-2)11(10)14)12(15)8-5-6-18-7-8/h3-7,12H,15H2,1-2H3. The minimum atomic E-state index is -0.305. The number of hydrogen-bond acceptors (Lipinski definition) is 4. The van der Waals surface area contributed by atoms with Crippen molar-refractivity contribution in [3.8, 4) is 11.5 Å². The Morgan fingerprint density at radius 2 is 2.00 bits per heavy atom. The van der Waals surface area contributed by atoms with Crippen LogP contribution in [0, 0.1) is 0 Å². The first-order valence-electron chi connectivity index (χ1n) is 5.37. The van der Waals surface area contributed by atoms with E-state index < -0.39 is 0 Å². The highest BCUT2D eigenvalue weighted by Gasteiger charge is 2.19. The number of ether oxygens (including phenoxy) is 2. The third kappa shape index (κ3) is 2.23. The van der Waals surface area contributed by atoms with Crippen molar-refractivity contribution in [3.05, 3.63) is 46.3 Å². The van der Waals surface area contributed by atoms with Gasteiger partial charge in [0.2, 0.25) is 0 Å². The van der Waals surface area contributed by atoms with E-state index in [1.165, 1.54) is 0 Å². The molecule has 0 aliphatic heterocycles. The number of rotatable bonds is 4. The predicted octanol–water partition coefficient (Wildman–Crippen LogP) is 3.11. The summed E-state index contributed by atoms with van der Waals surface area (Å²) in [4.78, 5) is 0. The van der Waals surface area contributed by atoms with Crippen LogP contribution in [0.1, 0.15) is 17.2 Å². The average molecular weight is 312 g/mol. The van der Waals surface area contributed by atoms with Crippen molar-refractivity contribution in [3.63, 3.8) is 0 Å². The molecule has 1 unspecified atom stereocenters. The van der Waals surface area contributed by atoms with Gasteiger partial charge in [0, 0.05) is 11.1 Å². The van der Waals surface area contributed by atoms with Gasteiger partial charge < -0.3 is 19.6 Å². The molecule has 0 spiro atoms. The summed E-state index contributed by atoms with van der Waals surface area (Å²) < 4.78 is 16.4. The summed E-state index contributed by atoms with van der Waals surface area (Å²) in [6.07, 6.45) is 3.22. The first-order valence-corrected chi connectivity index (χ1v) is 6.16. The van der Waals surface area contributed by atoms with Gasteiger partial charge in [-0.25, -0.2) is 0 Å². The third-order valence-corrected chi connectivity index (χ3v) is 3.50. The summed E-state index contributed by atoms with van der Waals surface area (Å²) in [6.45, 7) is 0. The van der Waals surface area contributed by atoms with Crippen LogP contribution in [0.5, 0.6) is 11.5 Å². The van der Waals surface area contributed by atoms with Crippen molar-refractivity contribution in [2.45, 2.75) is 6.04 Å². The molecule has 1 atom stereocenters. The van der Waals surface area contributed by atoms with Gasteiger partial charge in [-0.3, -0.25) is 0 Å². The molecule has 1 aromatic heterocycles. The molecule has 0 fully saturated rings. The zero-order chi connectivity index (χ0) is 13.1. The van der Waals surface area contributed by atoms with E-state index in [0.29, 0.717) is 11.5 Å². The average Bonchev–Trinajstić information content (AvgIpc) is 2.91. The maximum absolute atomic E-state index is 6.20. The number of methoxy groups -OCH3 is 2. The normalized spacial score (nSPS) is 12.2. The molecule has 2 N–H and O–H groups in total. The van der Waals surface area contributed by atoms with Crippen LogP contribution in [0.2, 0.25) is 0 Å². The fraction of sp³-hybridized carbons (Fsp3) is 0.231. The van der Waals surface area contributed by atoms with Gasteiger partial charge in [0.25, 0.3) is 0 Å². The van der Waals surface area contributed by atoms with Crippen LogP contribution in [-0.4, -0.2) is 14.2 Å². The van der Waals surface area contributed by atoms with Crippen LogP contribution in [0.3, 0.4) is 0 Å². The second-order valence-corrected chi connectivity index (χ2v) is 4.53. The molecular weight excluding hydrogens is 298 g/mol. The van der Waals surface area contributed by atoms with E-state index >= 15 is 0 Å². The lowest BCUT2D eigenvalue weighted by atomic mass is 10.0. The lowest BCUT2D eigenvalue weighted by Crippen LogP contribution is -2.12. The van der Waals surface area contributed by atoms with Crippen molar-refractivity contribution in [1.29, 1.82) is 0 Å². The van der Waals surface area contributed by atoms with Gasteiger partial charge in [-0.2, -0.15) is 0 Å². The van der Waals surface area contributed by atoms with Crippen LogP contribution in [-0.2, 0) is 0 Å². The molecule has 0 saturated carbocycles. The molecule has 5 heteroatoms. The van der Waals surface area contributed by atoms with Gasteiger partial charge in [0.15, 0.2) is 0 Å². The fourth-order valence-electron chi connectivity index (χ4n) is 1.79. The Balaban J connectivity index is 2.48. The highest BCUT2D eigenvalue weighted by Crippen LogP contribution is 2.40. The summed E-state index contributed by atoms with van der Waals surface area (Å²) in [5, 5.41) is 0. The highest BCUT2D eigenvalue weighted by atomic mass is 79.9. The Labute approximate surface area is 114 Å². The second kappa shape index (κ2) is 5.46. The van der Waals surface area contributed by atoms with Crippen molar-refractivity contribution >= 4 is 15.9 Å². The molecule has 2 aromatic rings. The van der Waals surface area contributed by atoms with Crippen LogP contribution < -0.4 is 15.2 Å². The minimum Gasteiger partial charge on any atom is -0.495 e. The van der Waals surface area contributed by atoms with Gasteiger partial charge in [-0.1, -0.05) is 0 Å². The topological polar surface area (TPSA) is 57.6 Å². The smallest absolute Gasteiger partial charge is 0.141 e. The molecule has 2 rings (SSSR count). The Kier molecular flexibility index (Phi) is 3.93. The quantitative estimate of drug-likeness (QED) is 0.942. The Morgan fingerprint density at radius 1 is 1.22 bits per heavy atom. The molecule has 0 bridgehead atoms. The van der Waals surface area contributed by atoms with E-state index in [2.05, 4.69) is 15.9 Å². The van der Waals surface area contributed by atoms with E-state index in [0.717, 1.165) is 15.6 Å². The molecule has 0 amide bonds. The van der Waals surface area contributed by atoms with E-state index in [-0.39, 0.29) is 6.04 Å². The maximum Gasteiger partial charge on any atom is 0.141 e. The molecule has 1 aromatic carbocycles. The number of halogens is 1. The second-order valence-electron chi connectivity index (χ2n) is 3.74. The molecule has 18 heavy (non-hydrogen) atoms. The first kappa shape index (κ1) is 13.0. The number of furan rings is 1. The molecule has 0 radical (unpaired) electrons. The van der Waals surface area contributed by atoms with E-state index in [1.807, 2.05) is 18.2 Å². The molecule has 1 heterocycles. The van der Waals surface area contributed by atoms with Crippen molar-refractivity contribution < 1.29 is 13.9 Å². The van der Waals surface area contributed by atoms with Crippen molar-refractivity contribution in [1.82, 2.24) is 0 Å². The van der Waals surface area contributed by atoms with Crippen LogP contribution >= 0.6 is 15.9 Å². The summed E-state index contributed by atoms with van der Waals surface area (Å²) in [5.74, 6) is 1.37. The van der Waals surface area contributed by atoms with Crippen LogP contribution in [0.25, 0.3) is 0 Å². The molecule has 4 nitrogen and oxygen atoms in total. The minimum absolute atomic E-state index is 0.305. The van der Waals surface area contributed by atoms with E-state index in [4.69, 9.17) is 19.6 Å².